The summed E-state index contributed by atoms with van der Waals surface area (Å²) in [6, 6.07) is 5.53. The summed E-state index contributed by atoms with van der Waals surface area (Å²) in [7, 11) is 0. The molecule has 4 rings (SSSR count). The van der Waals surface area contributed by atoms with Crippen molar-refractivity contribution in [3.05, 3.63) is 34.5 Å². The lowest BCUT2D eigenvalue weighted by Crippen LogP contribution is -2.50. The van der Waals surface area contributed by atoms with Crippen LogP contribution in [0.25, 0.3) is 10.1 Å². The van der Waals surface area contributed by atoms with Crippen LogP contribution in [0.1, 0.15) is 28.1 Å². The van der Waals surface area contributed by atoms with E-state index in [1.165, 1.54) is 30.2 Å². The molecule has 1 amide bonds. The number of amides is 1. The van der Waals surface area contributed by atoms with E-state index in [4.69, 9.17) is 4.74 Å². The average molecular weight is 348 g/mol. The normalized spacial score (nSPS) is 24.2. The van der Waals surface area contributed by atoms with E-state index in [-0.39, 0.29) is 17.8 Å². The van der Waals surface area contributed by atoms with Gasteiger partial charge in [-0.1, -0.05) is 6.07 Å². The van der Waals surface area contributed by atoms with E-state index < -0.39 is 0 Å². The highest BCUT2D eigenvalue weighted by Gasteiger charge is 2.32. The average Bonchev–Trinajstić information content (AvgIpc) is 3.17. The first-order chi connectivity index (χ1) is 11.6. The molecule has 128 valence electrons. The highest BCUT2D eigenvalue weighted by atomic mass is 32.1. The number of rotatable bonds is 3. The van der Waals surface area contributed by atoms with Gasteiger partial charge in [-0.25, -0.2) is 4.39 Å². The van der Waals surface area contributed by atoms with E-state index in [0.717, 1.165) is 30.0 Å². The third-order valence-corrected chi connectivity index (χ3v) is 6.32. The number of carbonyl (C=O) groups excluding carboxylic acids is 1. The zero-order chi connectivity index (χ0) is 16.7. The number of hydrogen-bond donors (Lipinski definition) is 1. The Kier molecular flexibility index (Phi) is 4.28. The number of nitrogens with one attached hydrogen (secondary N) is 1. The predicted molar refractivity (Wildman–Crippen MR) is 93.2 cm³/mol. The second kappa shape index (κ2) is 6.43. The Bertz CT molecular complexity index is 776. The van der Waals surface area contributed by atoms with E-state index in [1.807, 2.05) is 13.0 Å². The van der Waals surface area contributed by atoms with Gasteiger partial charge in [-0.2, -0.15) is 0 Å². The molecule has 0 spiro atoms. The molecule has 3 heterocycles. The van der Waals surface area contributed by atoms with Gasteiger partial charge in [-0.3, -0.25) is 9.69 Å². The number of thiophene rings is 1. The van der Waals surface area contributed by atoms with Crippen molar-refractivity contribution < 1.29 is 13.9 Å². The summed E-state index contributed by atoms with van der Waals surface area (Å²) < 4.78 is 20.7. The molecule has 2 aliphatic rings. The molecule has 2 aromatic rings. The van der Waals surface area contributed by atoms with Gasteiger partial charge in [0.25, 0.3) is 5.91 Å². The van der Waals surface area contributed by atoms with Crippen LogP contribution in [0.15, 0.2) is 18.2 Å². The molecule has 2 saturated heterocycles. The van der Waals surface area contributed by atoms with Gasteiger partial charge in [0.1, 0.15) is 5.82 Å². The van der Waals surface area contributed by atoms with Crippen molar-refractivity contribution in [1.29, 1.82) is 0 Å². The summed E-state index contributed by atoms with van der Waals surface area (Å²) in [6.45, 7) is 5.08. The molecule has 2 unspecified atom stereocenters. The van der Waals surface area contributed by atoms with Crippen molar-refractivity contribution in [3.8, 4) is 0 Å². The second-order valence-electron chi connectivity index (χ2n) is 6.63. The van der Waals surface area contributed by atoms with Crippen LogP contribution >= 0.6 is 11.3 Å². The number of benzene rings is 1. The molecule has 24 heavy (non-hydrogen) atoms. The van der Waals surface area contributed by atoms with Crippen molar-refractivity contribution >= 4 is 27.3 Å². The van der Waals surface area contributed by atoms with Crippen LogP contribution in [-0.2, 0) is 4.74 Å². The molecule has 2 fully saturated rings. The number of hydrogen-bond acceptors (Lipinski definition) is 4. The molecule has 0 radical (unpaired) electrons. The van der Waals surface area contributed by atoms with Gasteiger partial charge in [0.2, 0.25) is 0 Å². The van der Waals surface area contributed by atoms with Gasteiger partial charge >= 0.3 is 0 Å². The number of nitrogens with zero attached hydrogens (tertiary/aromatic N) is 1. The van der Waals surface area contributed by atoms with Crippen molar-refractivity contribution in [2.75, 3.05) is 26.2 Å². The summed E-state index contributed by atoms with van der Waals surface area (Å²) in [6.07, 6.45) is 2.49. The van der Waals surface area contributed by atoms with E-state index in [2.05, 4.69) is 10.2 Å². The quantitative estimate of drug-likeness (QED) is 0.927. The standard InChI is InChI=1S/C18H21FN2O2S/c1-11-16-14(19)5-2-6-15(16)24-17(11)18(22)20-8-13-9-21-7-3-4-12(21)10-23-13/h2,5-6,12-13H,3-4,7-10H2,1H3,(H,20,22). The lowest BCUT2D eigenvalue weighted by atomic mass is 10.1. The van der Waals surface area contributed by atoms with Crippen LogP contribution in [0.2, 0.25) is 0 Å². The Labute approximate surface area is 144 Å². The third-order valence-electron chi connectivity index (χ3n) is 5.06. The summed E-state index contributed by atoms with van der Waals surface area (Å²) >= 11 is 1.34. The summed E-state index contributed by atoms with van der Waals surface area (Å²) in [5, 5.41) is 3.52. The molecule has 1 N–H and O–H groups in total. The first-order valence-electron chi connectivity index (χ1n) is 8.45. The Morgan fingerprint density at radius 2 is 2.38 bits per heavy atom. The van der Waals surface area contributed by atoms with Crippen LogP contribution in [-0.4, -0.2) is 49.2 Å². The zero-order valence-electron chi connectivity index (χ0n) is 13.7. The Balaban J connectivity index is 1.43. The summed E-state index contributed by atoms with van der Waals surface area (Å²) in [4.78, 5) is 15.6. The molecular formula is C18H21FN2O2S. The van der Waals surface area contributed by atoms with Crippen molar-refractivity contribution in [2.45, 2.75) is 31.9 Å². The van der Waals surface area contributed by atoms with E-state index in [0.29, 0.717) is 22.8 Å². The number of ether oxygens (including phenoxy) is 1. The molecule has 0 aliphatic carbocycles. The fraction of sp³-hybridized carbons (Fsp3) is 0.500. The number of aryl methyl sites for hydroxylation is 1. The minimum Gasteiger partial charge on any atom is -0.373 e. The highest BCUT2D eigenvalue weighted by Crippen LogP contribution is 2.32. The van der Waals surface area contributed by atoms with Crippen molar-refractivity contribution in [3.63, 3.8) is 0 Å². The van der Waals surface area contributed by atoms with Gasteiger partial charge in [0, 0.05) is 29.2 Å². The monoisotopic (exact) mass is 348 g/mol. The van der Waals surface area contributed by atoms with Crippen molar-refractivity contribution in [1.82, 2.24) is 10.2 Å². The number of morpholine rings is 1. The lowest BCUT2D eigenvalue weighted by Gasteiger charge is -2.35. The lowest BCUT2D eigenvalue weighted by molar-refractivity contribution is -0.0461. The Morgan fingerprint density at radius 1 is 1.50 bits per heavy atom. The maximum Gasteiger partial charge on any atom is 0.261 e. The number of fused-ring (bicyclic) bond motifs is 2. The van der Waals surface area contributed by atoms with Gasteiger partial charge in [0.05, 0.1) is 17.6 Å². The predicted octanol–water partition coefficient (Wildman–Crippen LogP) is 2.94. The van der Waals surface area contributed by atoms with Crippen LogP contribution in [0.5, 0.6) is 0 Å². The van der Waals surface area contributed by atoms with Gasteiger partial charge in [-0.05, 0) is 44.0 Å². The largest absolute Gasteiger partial charge is 0.373 e. The minimum absolute atomic E-state index is 0.0368. The Morgan fingerprint density at radius 3 is 3.21 bits per heavy atom. The SMILES string of the molecule is Cc1c(C(=O)NCC2CN3CCCC3CO2)sc2cccc(F)c12. The van der Waals surface area contributed by atoms with Gasteiger partial charge in [-0.15, -0.1) is 11.3 Å². The molecule has 2 aliphatic heterocycles. The van der Waals surface area contributed by atoms with Crippen molar-refractivity contribution in [2.24, 2.45) is 0 Å². The number of carbonyl (C=O) groups is 1. The molecule has 6 heteroatoms. The molecular weight excluding hydrogens is 327 g/mol. The minimum atomic E-state index is -0.268. The number of halogens is 1. The molecule has 4 nitrogen and oxygen atoms in total. The third kappa shape index (κ3) is 2.83. The zero-order valence-corrected chi connectivity index (χ0v) is 14.5. The summed E-state index contributed by atoms with van der Waals surface area (Å²) in [5.74, 6) is -0.406. The van der Waals surface area contributed by atoms with E-state index in [9.17, 15) is 9.18 Å². The van der Waals surface area contributed by atoms with Crippen LogP contribution < -0.4 is 5.32 Å². The van der Waals surface area contributed by atoms with E-state index in [1.54, 1.807) is 6.07 Å². The maximum atomic E-state index is 14.0. The molecule has 1 aromatic heterocycles. The van der Waals surface area contributed by atoms with E-state index >= 15 is 0 Å². The Hall–Kier alpha value is -1.50. The van der Waals surface area contributed by atoms with Crippen LogP contribution in [0, 0.1) is 12.7 Å². The fourth-order valence-electron chi connectivity index (χ4n) is 3.77. The van der Waals surface area contributed by atoms with Crippen LogP contribution in [0.3, 0.4) is 0 Å². The first-order valence-corrected chi connectivity index (χ1v) is 9.26. The summed E-state index contributed by atoms with van der Waals surface area (Å²) in [5.41, 5.74) is 0.717. The van der Waals surface area contributed by atoms with Gasteiger partial charge in [0.15, 0.2) is 0 Å². The van der Waals surface area contributed by atoms with Crippen LogP contribution in [0.4, 0.5) is 4.39 Å². The topological polar surface area (TPSA) is 41.6 Å². The maximum absolute atomic E-state index is 14.0. The fourth-order valence-corrected chi connectivity index (χ4v) is 4.91. The molecule has 1 aromatic carbocycles. The first kappa shape index (κ1) is 16.0. The smallest absolute Gasteiger partial charge is 0.261 e. The second-order valence-corrected chi connectivity index (χ2v) is 7.68. The molecule has 2 atom stereocenters. The highest BCUT2D eigenvalue weighted by molar-refractivity contribution is 7.21. The molecule has 0 saturated carbocycles. The van der Waals surface area contributed by atoms with Gasteiger partial charge < -0.3 is 10.1 Å². The molecule has 0 bridgehead atoms.